The lowest BCUT2D eigenvalue weighted by atomic mass is 10.2. The number of thiophene rings is 1. The van der Waals surface area contributed by atoms with Crippen LogP contribution in [-0.2, 0) is 0 Å². The average Bonchev–Trinajstić information content (AvgIpc) is 2.98. The Morgan fingerprint density at radius 2 is 2.17 bits per heavy atom. The molecular formula is C16H18N4O3S. The monoisotopic (exact) mass is 346 g/mol. The number of anilines is 1. The molecule has 1 saturated heterocycles. The Balaban J connectivity index is 1.70. The van der Waals surface area contributed by atoms with E-state index in [1.54, 1.807) is 13.0 Å². The van der Waals surface area contributed by atoms with E-state index in [1.165, 1.54) is 17.5 Å². The lowest BCUT2D eigenvalue weighted by molar-refractivity contribution is -0.385. The normalized spacial score (nSPS) is 15.2. The molecule has 0 N–H and O–H groups in total. The van der Waals surface area contributed by atoms with E-state index in [0.717, 1.165) is 23.7 Å². The molecule has 0 saturated carbocycles. The standard InChI is InChI=1S/C16H18N4O3S/c1-12-10-15(17-11-13(12)20(22)23)18-5-3-6-19(8-7-18)16(21)14-4-2-9-24-14/h2,4,9-11H,3,5-8H2,1H3. The molecule has 7 nitrogen and oxygen atoms in total. The molecule has 24 heavy (non-hydrogen) atoms. The van der Waals surface area contributed by atoms with Crippen LogP contribution in [0.15, 0.2) is 29.8 Å². The van der Waals surface area contributed by atoms with Crippen LogP contribution in [0.4, 0.5) is 11.5 Å². The number of carbonyl (C=O) groups is 1. The summed E-state index contributed by atoms with van der Waals surface area (Å²) in [6.45, 7) is 4.49. The van der Waals surface area contributed by atoms with Gasteiger partial charge < -0.3 is 9.80 Å². The Morgan fingerprint density at radius 3 is 2.83 bits per heavy atom. The smallest absolute Gasteiger partial charge is 0.290 e. The SMILES string of the molecule is Cc1cc(N2CCCN(C(=O)c3cccs3)CC2)ncc1[N+](=O)[O-]. The summed E-state index contributed by atoms with van der Waals surface area (Å²) in [5, 5.41) is 12.8. The molecule has 0 spiro atoms. The van der Waals surface area contributed by atoms with Gasteiger partial charge in [0.1, 0.15) is 12.0 Å². The van der Waals surface area contributed by atoms with Gasteiger partial charge in [-0.1, -0.05) is 6.07 Å². The van der Waals surface area contributed by atoms with Crippen molar-refractivity contribution in [2.45, 2.75) is 13.3 Å². The second-order valence-corrected chi connectivity index (χ2v) is 6.64. The van der Waals surface area contributed by atoms with Gasteiger partial charge in [0.15, 0.2) is 0 Å². The molecule has 126 valence electrons. The minimum Gasteiger partial charge on any atom is -0.355 e. The van der Waals surface area contributed by atoms with E-state index in [4.69, 9.17) is 0 Å². The number of aryl methyl sites for hydroxylation is 1. The fraction of sp³-hybridized carbons (Fsp3) is 0.375. The third-order valence-electron chi connectivity index (χ3n) is 4.10. The summed E-state index contributed by atoms with van der Waals surface area (Å²) in [5.74, 6) is 0.795. The quantitative estimate of drug-likeness (QED) is 0.631. The molecule has 0 aliphatic carbocycles. The summed E-state index contributed by atoms with van der Waals surface area (Å²) < 4.78 is 0. The van der Waals surface area contributed by atoms with Crippen LogP contribution >= 0.6 is 11.3 Å². The highest BCUT2D eigenvalue weighted by Gasteiger charge is 2.22. The van der Waals surface area contributed by atoms with E-state index in [-0.39, 0.29) is 11.6 Å². The minimum absolute atomic E-state index is 0.0306. The molecule has 0 bridgehead atoms. The number of hydrogen-bond acceptors (Lipinski definition) is 6. The molecule has 0 unspecified atom stereocenters. The molecule has 8 heteroatoms. The van der Waals surface area contributed by atoms with Crippen molar-refractivity contribution in [3.63, 3.8) is 0 Å². The Labute approximate surface area is 143 Å². The number of hydrogen-bond donors (Lipinski definition) is 0. The van der Waals surface area contributed by atoms with E-state index in [0.29, 0.717) is 25.2 Å². The van der Waals surface area contributed by atoms with Gasteiger partial charge in [0.25, 0.3) is 11.6 Å². The second kappa shape index (κ2) is 6.96. The summed E-state index contributed by atoms with van der Waals surface area (Å²) in [6.07, 6.45) is 2.15. The van der Waals surface area contributed by atoms with Crippen molar-refractivity contribution in [3.8, 4) is 0 Å². The van der Waals surface area contributed by atoms with Crippen molar-refractivity contribution < 1.29 is 9.72 Å². The number of pyridine rings is 1. The van der Waals surface area contributed by atoms with Crippen molar-refractivity contribution in [2.75, 3.05) is 31.1 Å². The van der Waals surface area contributed by atoms with Crippen LogP contribution in [-0.4, -0.2) is 46.9 Å². The first-order valence-corrected chi connectivity index (χ1v) is 8.63. The highest BCUT2D eigenvalue weighted by molar-refractivity contribution is 7.12. The largest absolute Gasteiger partial charge is 0.355 e. The number of rotatable bonds is 3. The van der Waals surface area contributed by atoms with Gasteiger partial charge in [-0.25, -0.2) is 4.98 Å². The fourth-order valence-electron chi connectivity index (χ4n) is 2.80. The Kier molecular flexibility index (Phi) is 4.75. The number of nitrogens with zero attached hydrogens (tertiary/aromatic N) is 4. The van der Waals surface area contributed by atoms with Gasteiger partial charge in [0, 0.05) is 31.7 Å². The molecule has 1 aliphatic heterocycles. The molecule has 1 aliphatic rings. The van der Waals surface area contributed by atoms with Crippen LogP contribution in [0.3, 0.4) is 0 Å². The summed E-state index contributed by atoms with van der Waals surface area (Å²) in [5.41, 5.74) is 0.629. The van der Waals surface area contributed by atoms with E-state index in [1.807, 2.05) is 22.4 Å². The Morgan fingerprint density at radius 1 is 1.33 bits per heavy atom. The first-order chi connectivity index (χ1) is 11.6. The maximum Gasteiger partial charge on any atom is 0.290 e. The van der Waals surface area contributed by atoms with Gasteiger partial charge >= 0.3 is 0 Å². The zero-order valence-electron chi connectivity index (χ0n) is 13.3. The molecule has 3 rings (SSSR count). The summed E-state index contributed by atoms with van der Waals surface area (Å²) in [6, 6.07) is 5.47. The van der Waals surface area contributed by atoms with E-state index in [9.17, 15) is 14.9 Å². The zero-order chi connectivity index (χ0) is 17.1. The highest BCUT2D eigenvalue weighted by Crippen LogP contribution is 2.22. The van der Waals surface area contributed by atoms with Crippen LogP contribution in [0.25, 0.3) is 0 Å². The first-order valence-electron chi connectivity index (χ1n) is 7.75. The van der Waals surface area contributed by atoms with Gasteiger partial charge in [0.05, 0.1) is 9.80 Å². The lowest BCUT2D eigenvalue weighted by Crippen LogP contribution is -2.35. The highest BCUT2D eigenvalue weighted by atomic mass is 32.1. The minimum atomic E-state index is -0.421. The molecule has 0 aromatic carbocycles. The summed E-state index contributed by atoms with van der Waals surface area (Å²) in [7, 11) is 0. The predicted molar refractivity (Wildman–Crippen MR) is 92.7 cm³/mol. The summed E-state index contributed by atoms with van der Waals surface area (Å²) in [4.78, 5) is 31.9. The molecule has 2 aromatic rings. The molecule has 0 atom stereocenters. The van der Waals surface area contributed by atoms with Crippen molar-refractivity contribution in [3.05, 3.63) is 50.3 Å². The maximum atomic E-state index is 12.5. The number of nitro groups is 1. The van der Waals surface area contributed by atoms with Crippen molar-refractivity contribution >= 4 is 28.7 Å². The average molecular weight is 346 g/mol. The first kappa shape index (κ1) is 16.4. The number of aromatic nitrogens is 1. The third kappa shape index (κ3) is 3.38. The molecule has 1 amide bonds. The van der Waals surface area contributed by atoms with Crippen molar-refractivity contribution in [1.82, 2.24) is 9.88 Å². The third-order valence-corrected chi connectivity index (χ3v) is 4.96. The molecule has 2 aromatic heterocycles. The Bertz CT molecular complexity index is 748. The van der Waals surface area contributed by atoms with Crippen molar-refractivity contribution in [1.29, 1.82) is 0 Å². The summed E-state index contributed by atoms with van der Waals surface area (Å²) >= 11 is 1.45. The van der Waals surface area contributed by atoms with Crippen LogP contribution in [0.5, 0.6) is 0 Å². The van der Waals surface area contributed by atoms with Gasteiger partial charge in [-0.2, -0.15) is 0 Å². The fourth-order valence-corrected chi connectivity index (χ4v) is 3.49. The molecular weight excluding hydrogens is 328 g/mol. The molecule has 1 fully saturated rings. The van der Waals surface area contributed by atoms with Crippen LogP contribution in [0.2, 0.25) is 0 Å². The molecule has 3 heterocycles. The van der Waals surface area contributed by atoms with Gasteiger partial charge in [-0.15, -0.1) is 11.3 Å². The van der Waals surface area contributed by atoms with Gasteiger partial charge in [-0.3, -0.25) is 14.9 Å². The number of amides is 1. The van der Waals surface area contributed by atoms with Gasteiger partial charge in [0.2, 0.25) is 0 Å². The van der Waals surface area contributed by atoms with Gasteiger partial charge in [-0.05, 0) is 30.9 Å². The Hall–Kier alpha value is -2.48. The predicted octanol–water partition coefficient (Wildman–Crippen LogP) is 2.71. The van der Waals surface area contributed by atoms with Crippen LogP contribution < -0.4 is 4.90 Å². The lowest BCUT2D eigenvalue weighted by Gasteiger charge is -2.22. The zero-order valence-corrected chi connectivity index (χ0v) is 14.2. The topological polar surface area (TPSA) is 79.6 Å². The maximum absolute atomic E-state index is 12.5. The number of carbonyl (C=O) groups excluding carboxylic acids is 1. The van der Waals surface area contributed by atoms with Crippen LogP contribution in [0, 0.1) is 17.0 Å². The second-order valence-electron chi connectivity index (χ2n) is 5.70. The van der Waals surface area contributed by atoms with E-state index < -0.39 is 4.92 Å². The van der Waals surface area contributed by atoms with E-state index in [2.05, 4.69) is 9.88 Å². The molecule has 0 radical (unpaired) electrons. The van der Waals surface area contributed by atoms with Crippen molar-refractivity contribution in [2.24, 2.45) is 0 Å². The van der Waals surface area contributed by atoms with E-state index >= 15 is 0 Å². The van der Waals surface area contributed by atoms with Crippen LogP contribution in [0.1, 0.15) is 21.7 Å².